The van der Waals surface area contributed by atoms with Gasteiger partial charge in [0.05, 0.1) is 13.2 Å². The van der Waals surface area contributed by atoms with Gasteiger partial charge in [0.2, 0.25) is 0 Å². The molecule has 1 fully saturated rings. The molecule has 20 heavy (non-hydrogen) atoms. The van der Waals surface area contributed by atoms with Gasteiger partial charge in [-0.15, -0.1) is 0 Å². The summed E-state index contributed by atoms with van der Waals surface area (Å²) in [5, 5.41) is 3.54. The lowest BCUT2D eigenvalue weighted by Gasteiger charge is -2.21. The molecule has 1 atom stereocenters. The summed E-state index contributed by atoms with van der Waals surface area (Å²) in [6.07, 6.45) is 1.91. The number of rotatable bonds is 7. The third kappa shape index (κ3) is 4.58. The fourth-order valence-electron chi connectivity index (χ4n) is 2.63. The van der Waals surface area contributed by atoms with Gasteiger partial charge in [0.25, 0.3) is 0 Å². The molecule has 1 saturated heterocycles. The van der Waals surface area contributed by atoms with E-state index in [1.165, 1.54) is 11.1 Å². The Balaban J connectivity index is 1.92. The molecule has 1 unspecified atom stereocenters. The molecule has 2 rings (SSSR count). The van der Waals surface area contributed by atoms with Crippen molar-refractivity contribution in [2.45, 2.75) is 51.9 Å². The molecule has 1 aliphatic heterocycles. The lowest BCUT2D eigenvalue weighted by molar-refractivity contribution is -0.0525. The standard InChI is InChI=1S/C17H27NO2/c1-4-18-16(12-17-19-9-10-20-17)11-14-5-7-15(8-6-14)13(2)3/h5-8,13,16-18H,4,9-12H2,1-3H3. The van der Waals surface area contributed by atoms with Crippen molar-refractivity contribution in [1.29, 1.82) is 0 Å². The second-order valence-electron chi connectivity index (χ2n) is 5.76. The molecule has 1 heterocycles. The highest BCUT2D eigenvalue weighted by Crippen LogP contribution is 2.17. The number of hydrogen-bond donors (Lipinski definition) is 1. The Labute approximate surface area is 122 Å². The third-order valence-corrected chi connectivity index (χ3v) is 3.79. The summed E-state index contributed by atoms with van der Waals surface area (Å²) in [5.74, 6) is 0.592. The first-order valence-electron chi connectivity index (χ1n) is 7.74. The van der Waals surface area contributed by atoms with Crippen LogP contribution in [0.1, 0.15) is 44.2 Å². The van der Waals surface area contributed by atoms with Crippen LogP contribution < -0.4 is 5.32 Å². The predicted octanol–water partition coefficient (Wildman–Crippen LogP) is 3.09. The quantitative estimate of drug-likeness (QED) is 0.831. The zero-order valence-electron chi connectivity index (χ0n) is 12.9. The molecule has 1 aromatic carbocycles. The Morgan fingerprint density at radius 3 is 2.35 bits per heavy atom. The van der Waals surface area contributed by atoms with Gasteiger partial charge in [0.15, 0.2) is 6.29 Å². The van der Waals surface area contributed by atoms with E-state index in [2.05, 4.69) is 50.4 Å². The number of ether oxygens (including phenoxy) is 2. The first-order valence-corrected chi connectivity index (χ1v) is 7.74. The fraction of sp³-hybridized carbons (Fsp3) is 0.647. The maximum absolute atomic E-state index is 5.56. The zero-order valence-corrected chi connectivity index (χ0v) is 12.9. The number of likely N-dealkylation sites (N-methyl/N-ethyl adjacent to an activating group) is 1. The van der Waals surface area contributed by atoms with E-state index in [-0.39, 0.29) is 6.29 Å². The number of nitrogens with one attached hydrogen (secondary N) is 1. The fourth-order valence-corrected chi connectivity index (χ4v) is 2.63. The summed E-state index contributed by atoms with van der Waals surface area (Å²) in [6, 6.07) is 9.39. The van der Waals surface area contributed by atoms with Crippen molar-refractivity contribution >= 4 is 0 Å². The molecule has 3 nitrogen and oxygen atoms in total. The molecule has 3 heteroatoms. The third-order valence-electron chi connectivity index (χ3n) is 3.79. The summed E-state index contributed by atoms with van der Waals surface area (Å²) in [7, 11) is 0. The Kier molecular flexibility index (Phi) is 6.02. The van der Waals surface area contributed by atoms with Crippen LogP contribution in [-0.2, 0) is 15.9 Å². The minimum Gasteiger partial charge on any atom is -0.350 e. The van der Waals surface area contributed by atoms with Gasteiger partial charge in [-0.3, -0.25) is 0 Å². The molecule has 112 valence electrons. The monoisotopic (exact) mass is 277 g/mol. The van der Waals surface area contributed by atoms with Crippen molar-refractivity contribution in [2.75, 3.05) is 19.8 Å². The van der Waals surface area contributed by atoms with Crippen LogP contribution in [0.5, 0.6) is 0 Å². The van der Waals surface area contributed by atoms with Gasteiger partial charge in [-0.05, 0) is 30.0 Å². The van der Waals surface area contributed by atoms with Crippen molar-refractivity contribution in [3.63, 3.8) is 0 Å². The lowest BCUT2D eigenvalue weighted by atomic mass is 9.98. The van der Waals surface area contributed by atoms with Crippen LogP contribution in [0.2, 0.25) is 0 Å². The van der Waals surface area contributed by atoms with Gasteiger partial charge in [0.1, 0.15) is 0 Å². The molecular weight excluding hydrogens is 250 g/mol. The van der Waals surface area contributed by atoms with Crippen LogP contribution in [0, 0.1) is 0 Å². The normalized spacial score (nSPS) is 17.8. The van der Waals surface area contributed by atoms with Crippen molar-refractivity contribution < 1.29 is 9.47 Å². The van der Waals surface area contributed by atoms with Crippen molar-refractivity contribution in [3.8, 4) is 0 Å². The number of benzene rings is 1. The van der Waals surface area contributed by atoms with Crippen LogP contribution in [-0.4, -0.2) is 32.1 Å². The van der Waals surface area contributed by atoms with E-state index in [1.807, 2.05) is 0 Å². The highest BCUT2D eigenvalue weighted by Gasteiger charge is 2.21. The van der Waals surface area contributed by atoms with Crippen LogP contribution in [0.15, 0.2) is 24.3 Å². The molecule has 0 bridgehead atoms. The molecule has 0 aliphatic carbocycles. The van der Waals surface area contributed by atoms with E-state index in [1.54, 1.807) is 0 Å². The van der Waals surface area contributed by atoms with Gasteiger partial charge in [0, 0.05) is 12.5 Å². The average Bonchev–Trinajstić information content (AvgIpc) is 2.92. The van der Waals surface area contributed by atoms with Crippen LogP contribution in [0.4, 0.5) is 0 Å². The Hall–Kier alpha value is -0.900. The highest BCUT2D eigenvalue weighted by atomic mass is 16.7. The Morgan fingerprint density at radius 2 is 1.80 bits per heavy atom. The Morgan fingerprint density at radius 1 is 1.15 bits per heavy atom. The summed E-state index contributed by atoms with van der Waals surface area (Å²) < 4.78 is 11.1. The molecule has 0 saturated carbocycles. The van der Waals surface area contributed by atoms with Gasteiger partial charge in [-0.2, -0.15) is 0 Å². The smallest absolute Gasteiger partial charge is 0.159 e. The van der Waals surface area contributed by atoms with Crippen LogP contribution >= 0.6 is 0 Å². The van der Waals surface area contributed by atoms with Crippen LogP contribution in [0.25, 0.3) is 0 Å². The van der Waals surface area contributed by atoms with E-state index < -0.39 is 0 Å². The molecule has 1 N–H and O–H groups in total. The highest BCUT2D eigenvalue weighted by molar-refractivity contribution is 5.25. The zero-order chi connectivity index (χ0) is 14.4. The van der Waals surface area contributed by atoms with E-state index in [9.17, 15) is 0 Å². The van der Waals surface area contributed by atoms with E-state index in [4.69, 9.17) is 9.47 Å². The van der Waals surface area contributed by atoms with Gasteiger partial charge < -0.3 is 14.8 Å². The van der Waals surface area contributed by atoms with Crippen LogP contribution in [0.3, 0.4) is 0 Å². The maximum Gasteiger partial charge on any atom is 0.159 e. The largest absolute Gasteiger partial charge is 0.350 e. The Bertz CT molecular complexity index is 382. The molecule has 0 amide bonds. The van der Waals surface area contributed by atoms with Crippen molar-refractivity contribution in [3.05, 3.63) is 35.4 Å². The minimum atomic E-state index is -0.0333. The average molecular weight is 277 g/mol. The second kappa shape index (κ2) is 7.77. The molecule has 1 aliphatic rings. The second-order valence-corrected chi connectivity index (χ2v) is 5.76. The van der Waals surface area contributed by atoms with Gasteiger partial charge >= 0.3 is 0 Å². The first-order chi connectivity index (χ1) is 9.69. The molecule has 0 radical (unpaired) electrons. The molecule has 0 aromatic heterocycles. The SMILES string of the molecule is CCNC(Cc1ccc(C(C)C)cc1)CC1OCCO1. The van der Waals surface area contributed by atoms with Crippen molar-refractivity contribution in [1.82, 2.24) is 5.32 Å². The number of hydrogen-bond acceptors (Lipinski definition) is 3. The summed E-state index contributed by atoms with van der Waals surface area (Å²) in [6.45, 7) is 9.03. The lowest BCUT2D eigenvalue weighted by Crippen LogP contribution is -2.34. The van der Waals surface area contributed by atoms with E-state index in [0.29, 0.717) is 12.0 Å². The van der Waals surface area contributed by atoms with Crippen molar-refractivity contribution in [2.24, 2.45) is 0 Å². The van der Waals surface area contributed by atoms with E-state index in [0.717, 1.165) is 32.6 Å². The summed E-state index contributed by atoms with van der Waals surface area (Å²) in [5.41, 5.74) is 2.77. The summed E-state index contributed by atoms with van der Waals surface area (Å²) in [4.78, 5) is 0. The van der Waals surface area contributed by atoms with Gasteiger partial charge in [-0.25, -0.2) is 0 Å². The molecular formula is C17H27NO2. The molecule has 0 spiro atoms. The van der Waals surface area contributed by atoms with E-state index >= 15 is 0 Å². The maximum atomic E-state index is 5.56. The first kappa shape index (κ1) is 15.5. The molecule has 1 aromatic rings. The topological polar surface area (TPSA) is 30.5 Å². The summed E-state index contributed by atoms with van der Waals surface area (Å²) >= 11 is 0. The van der Waals surface area contributed by atoms with Gasteiger partial charge in [-0.1, -0.05) is 45.0 Å². The predicted molar refractivity (Wildman–Crippen MR) is 82.0 cm³/mol. The minimum absolute atomic E-state index is 0.0333.